The summed E-state index contributed by atoms with van der Waals surface area (Å²) in [6.45, 7) is 4.15. The Kier molecular flexibility index (Phi) is 6.06. The van der Waals surface area contributed by atoms with Crippen molar-refractivity contribution in [1.82, 2.24) is 4.90 Å². The molecule has 1 amide bonds. The molecule has 0 bridgehead atoms. The number of hydrogen-bond acceptors (Lipinski definition) is 3. The summed E-state index contributed by atoms with van der Waals surface area (Å²) in [5, 5.41) is 0. The molecule has 1 aromatic rings. The van der Waals surface area contributed by atoms with Gasteiger partial charge in [0.2, 0.25) is 0 Å². The second-order valence-electron chi connectivity index (χ2n) is 4.66. The van der Waals surface area contributed by atoms with Crippen molar-refractivity contribution in [2.24, 2.45) is 5.92 Å². The van der Waals surface area contributed by atoms with Crippen LogP contribution in [0.15, 0.2) is 30.3 Å². The van der Waals surface area contributed by atoms with Gasteiger partial charge in [0, 0.05) is 7.05 Å². The van der Waals surface area contributed by atoms with Gasteiger partial charge in [-0.25, -0.2) is 4.79 Å². The van der Waals surface area contributed by atoms with Crippen LogP contribution in [0, 0.1) is 5.92 Å². The van der Waals surface area contributed by atoms with Crippen LogP contribution in [0.4, 0.5) is 4.79 Å². The van der Waals surface area contributed by atoms with Crippen LogP contribution in [0.1, 0.15) is 25.8 Å². The van der Waals surface area contributed by atoms with Crippen LogP contribution in [0.3, 0.4) is 0 Å². The number of carbonyl (C=O) groups excluding carboxylic acids is 2. The molecule has 1 aromatic carbocycles. The largest absolute Gasteiger partial charge is 0.445 e. The number of carbonyl (C=O) groups is 2. The smallest absolute Gasteiger partial charge is 0.410 e. The number of amides is 1. The van der Waals surface area contributed by atoms with Crippen LogP contribution >= 0.6 is 0 Å². The molecule has 0 aliphatic carbocycles. The van der Waals surface area contributed by atoms with Crippen molar-refractivity contribution in [2.45, 2.75) is 32.9 Å². The Morgan fingerprint density at radius 1 is 1.37 bits per heavy atom. The number of rotatable bonds is 6. The highest BCUT2D eigenvalue weighted by molar-refractivity contribution is 5.73. The van der Waals surface area contributed by atoms with E-state index < -0.39 is 12.1 Å². The minimum Gasteiger partial charge on any atom is -0.445 e. The highest BCUT2D eigenvalue weighted by Gasteiger charge is 2.24. The monoisotopic (exact) mass is 263 g/mol. The first-order valence-corrected chi connectivity index (χ1v) is 6.49. The van der Waals surface area contributed by atoms with Crippen molar-refractivity contribution in [3.8, 4) is 0 Å². The predicted molar refractivity (Wildman–Crippen MR) is 73.7 cm³/mol. The topological polar surface area (TPSA) is 46.6 Å². The van der Waals surface area contributed by atoms with E-state index in [0.717, 1.165) is 18.3 Å². The molecule has 0 aliphatic rings. The normalized spacial score (nSPS) is 13.4. The SMILES string of the molecule is CCC(C)C(C=O)N(C)C(=O)OCc1ccccc1. The van der Waals surface area contributed by atoms with Crippen molar-refractivity contribution in [2.75, 3.05) is 7.05 Å². The molecule has 0 saturated heterocycles. The molecule has 4 heteroatoms. The number of ether oxygens (including phenoxy) is 1. The Labute approximate surface area is 114 Å². The summed E-state index contributed by atoms with van der Waals surface area (Å²) in [5.74, 6) is 0.117. The fraction of sp³-hybridized carbons (Fsp3) is 0.467. The molecule has 0 fully saturated rings. The zero-order valence-corrected chi connectivity index (χ0v) is 11.7. The first kappa shape index (κ1) is 15.2. The Hall–Kier alpha value is -1.84. The summed E-state index contributed by atoms with van der Waals surface area (Å²) in [4.78, 5) is 24.3. The molecule has 0 aromatic heterocycles. The Morgan fingerprint density at radius 3 is 2.53 bits per heavy atom. The summed E-state index contributed by atoms with van der Waals surface area (Å²) in [6, 6.07) is 9.02. The average Bonchev–Trinajstić information content (AvgIpc) is 2.46. The van der Waals surface area contributed by atoms with Crippen molar-refractivity contribution in [3.05, 3.63) is 35.9 Å². The van der Waals surface area contributed by atoms with E-state index in [1.54, 1.807) is 7.05 Å². The van der Waals surface area contributed by atoms with E-state index >= 15 is 0 Å². The van der Waals surface area contributed by atoms with E-state index in [-0.39, 0.29) is 12.5 Å². The van der Waals surface area contributed by atoms with Crippen LogP contribution in [0.5, 0.6) is 0 Å². The maximum Gasteiger partial charge on any atom is 0.410 e. The molecule has 1 rings (SSSR count). The third-order valence-corrected chi connectivity index (χ3v) is 3.31. The maximum absolute atomic E-state index is 11.9. The van der Waals surface area contributed by atoms with E-state index in [4.69, 9.17) is 4.74 Å². The van der Waals surface area contributed by atoms with Gasteiger partial charge in [0.25, 0.3) is 0 Å². The Bertz CT molecular complexity index is 405. The summed E-state index contributed by atoms with van der Waals surface area (Å²) in [5.41, 5.74) is 0.926. The van der Waals surface area contributed by atoms with Gasteiger partial charge in [-0.15, -0.1) is 0 Å². The van der Waals surface area contributed by atoms with Crippen molar-refractivity contribution in [1.29, 1.82) is 0 Å². The molecule has 0 saturated carbocycles. The molecule has 0 aliphatic heterocycles. The molecule has 2 atom stereocenters. The van der Waals surface area contributed by atoms with Crippen LogP contribution in [0.25, 0.3) is 0 Å². The van der Waals surface area contributed by atoms with Crippen LogP contribution in [-0.4, -0.2) is 30.4 Å². The second kappa shape index (κ2) is 7.56. The number of aldehydes is 1. The Balaban J connectivity index is 2.54. The van der Waals surface area contributed by atoms with Gasteiger partial charge in [-0.3, -0.25) is 0 Å². The molecule has 0 spiro atoms. The zero-order valence-electron chi connectivity index (χ0n) is 11.7. The minimum atomic E-state index is -0.471. The summed E-state index contributed by atoms with van der Waals surface area (Å²) < 4.78 is 5.20. The van der Waals surface area contributed by atoms with E-state index in [1.165, 1.54) is 4.90 Å². The van der Waals surface area contributed by atoms with Crippen molar-refractivity contribution >= 4 is 12.4 Å². The van der Waals surface area contributed by atoms with E-state index in [9.17, 15) is 9.59 Å². The van der Waals surface area contributed by atoms with Crippen LogP contribution in [0.2, 0.25) is 0 Å². The van der Waals surface area contributed by atoms with Gasteiger partial charge in [0.05, 0.1) is 6.04 Å². The van der Waals surface area contributed by atoms with Gasteiger partial charge in [-0.1, -0.05) is 50.6 Å². The third-order valence-electron chi connectivity index (χ3n) is 3.31. The van der Waals surface area contributed by atoms with E-state index in [1.807, 2.05) is 44.2 Å². The molecule has 104 valence electrons. The molecular weight excluding hydrogens is 242 g/mol. The lowest BCUT2D eigenvalue weighted by atomic mass is 10.00. The highest BCUT2D eigenvalue weighted by Crippen LogP contribution is 2.13. The van der Waals surface area contributed by atoms with Crippen molar-refractivity contribution < 1.29 is 14.3 Å². The van der Waals surface area contributed by atoms with Gasteiger partial charge in [-0.2, -0.15) is 0 Å². The lowest BCUT2D eigenvalue weighted by Gasteiger charge is -2.27. The second-order valence-corrected chi connectivity index (χ2v) is 4.66. The van der Waals surface area contributed by atoms with Crippen molar-refractivity contribution in [3.63, 3.8) is 0 Å². The predicted octanol–water partition coefficient (Wildman–Crippen LogP) is 2.87. The van der Waals surface area contributed by atoms with Gasteiger partial charge >= 0.3 is 6.09 Å². The van der Waals surface area contributed by atoms with Gasteiger partial charge in [0.1, 0.15) is 12.9 Å². The summed E-state index contributed by atoms with van der Waals surface area (Å²) in [6.07, 6.45) is 1.17. The number of hydrogen-bond donors (Lipinski definition) is 0. The van der Waals surface area contributed by atoms with Crippen LogP contribution in [-0.2, 0) is 16.1 Å². The highest BCUT2D eigenvalue weighted by atomic mass is 16.6. The van der Waals surface area contributed by atoms with Crippen LogP contribution < -0.4 is 0 Å². The van der Waals surface area contributed by atoms with Gasteiger partial charge in [-0.05, 0) is 11.5 Å². The first-order valence-electron chi connectivity index (χ1n) is 6.49. The van der Waals surface area contributed by atoms with Gasteiger partial charge in [0.15, 0.2) is 0 Å². The molecular formula is C15H21NO3. The third kappa shape index (κ3) is 4.39. The summed E-state index contributed by atoms with van der Waals surface area (Å²) >= 11 is 0. The lowest BCUT2D eigenvalue weighted by molar-refractivity contribution is -0.113. The number of nitrogens with zero attached hydrogens (tertiary/aromatic N) is 1. The number of likely N-dealkylation sites (N-methyl/N-ethyl adjacent to an activating group) is 1. The molecule has 4 nitrogen and oxygen atoms in total. The van der Waals surface area contributed by atoms with E-state index in [2.05, 4.69) is 0 Å². The number of benzene rings is 1. The fourth-order valence-corrected chi connectivity index (χ4v) is 1.79. The molecule has 0 heterocycles. The first-order chi connectivity index (χ1) is 9.10. The summed E-state index contributed by atoms with van der Waals surface area (Å²) in [7, 11) is 1.60. The quantitative estimate of drug-likeness (QED) is 0.741. The zero-order chi connectivity index (χ0) is 14.3. The maximum atomic E-state index is 11.9. The van der Waals surface area contributed by atoms with E-state index in [0.29, 0.717) is 0 Å². The van der Waals surface area contributed by atoms with Gasteiger partial charge < -0.3 is 14.4 Å². The molecule has 0 radical (unpaired) electrons. The fourth-order valence-electron chi connectivity index (χ4n) is 1.79. The lowest BCUT2D eigenvalue weighted by Crippen LogP contribution is -2.42. The minimum absolute atomic E-state index is 0.117. The molecule has 0 N–H and O–H groups in total. The Morgan fingerprint density at radius 2 is 2.00 bits per heavy atom. The molecule has 19 heavy (non-hydrogen) atoms. The molecule has 2 unspecified atom stereocenters. The average molecular weight is 263 g/mol. The standard InChI is InChI=1S/C15H21NO3/c1-4-12(2)14(10-17)16(3)15(18)19-11-13-8-6-5-7-9-13/h5-10,12,14H,4,11H2,1-3H3.